The van der Waals surface area contributed by atoms with E-state index in [1.807, 2.05) is 24.3 Å². The highest BCUT2D eigenvalue weighted by atomic mass is 19.1. The molecule has 6 heteroatoms. The van der Waals surface area contributed by atoms with Crippen LogP contribution < -0.4 is 0 Å². The Morgan fingerprint density at radius 1 is 1.08 bits per heavy atom. The second kappa shape index (κ2) is 7.74. The molecule has 0 saturated carbocycles. The average molecular weight is 352 g/mol. The SMILES string of the molecule is Fc1ccc(CCN2CCC(c3nnc(-c4cccnc4)o3)CC2)cc1. The van der Waals surface area contributed by atoms with Crippen LogP contribution in [0.2, 0.25) is 0 Å². The second-order valence-corrected chi connectivity index (χ2v) is 6.68. The summed E-state index contributed by atoms with van der Waals surface area (Å²) in [5.74, 6) is 1.39. The minimum Gasteiger partial charge on any atom is -0.420 e. The topological polar surface area (TPSA) is 55.1 Å². The Labute approximate surface area is 151 Å². The van der Waals surface area contributed by atoms with Gasteiger partial charge in [0.25, 0.3) is 0 Å². The summed E-state index contributed by atoms with van der Waals surface area (Å²) in [4.78, 5) is 6.53. The Hall–Kier alpha value is -2.60. The molecule has 0 aliphatic carbocycles. The van der Waals surface area contributed by atoms with Crippen molar-refractivity contribution in [3.8, 4) is 11.5 Å². The lowest BCUT2D eigenvalue weighted by Crippen LogP contribution is -2.34. The van der Waals surface area contributed by atoms with Crippen molar-refractivity contribution in [1.82, 2.24) is 20.1 Å². The van der Waals surface area contributed by atoms with Crippen molar-refractivity contribution in [1.29, 1.82) is 0 Å². The molecular weight excluding hydrogens is 331 g/mol. The van der Waals surface area contributed by atoms with Crippen LogP contribution in [0.4, 0.5) is 4.39 Å². The summed E-state index contributed by atoms with van der Waals surface area (Å²) < 4.78 is 18.8. The van der Waals surface area contributed by atoms with E-state index in [2.05, 4.69) is 20.1 Å². The zero-order valence-corrected chi connectivity index (χ0v) is 14.5. The number of piperidine rings is 1. The van der Waals surface area contributed by atoms with Gasteiger partial charge in [-0.1, -0.05) is 12.1 Å². The molecule has 26 heavy (non-hydrogen) atoms. The van der Waals surface area contributed by atoms with Crippen molar-refractivity contribution in [2.24, 2.45) is 0 Å². The predicted octanol–water partition coefficient (Wildman–Crippen LogP) is 3.69. The normalized spacial score (nSPS) is 16.0. The molecule has 0 bridgehead atoms. The van der Waals surface area contributed by atoms with Gasteiger partial charge in [0.1, 0.15) is 5.82 Å². The van der Waals surface area contributed by atoms with Crippen LogP contribution in [0.5, 0.6) is 0 Å². The molecule has 0 atom stereocenters. The van der Waals surface area contributed by atoms with Crippen LogP contribution >= 0.6 is 0 Å². The van der Waals surface area contributed by atoms with Gasteiger partial charge in [-0.05, 0) is 62.2 Å². The molecule has 0 N–H and O–H groups in total. The van der Waals surface area contributed by atoms with Crippen LogP contribution in [-0.2, 0) is 6.42 Å². The zero-order chi connectivity index (χ0) is 17.8. The third kappa shape index (κ3) is 3.96. The number of likely N-dealkylation sites (tertiary alicyclic amines) is 1. The highest BCUT2D eigenvalue weighted by molar-refractivity contribution is 5.49. The number of rotatable bonds is 5. The molecule has 4 rings (SSSR count). The predicted molar refractivity (Wildman–Crippen MR) is 96.0 cm³/mol. The van der Waals surface area contributed by atoms with E-state index in [1.165, 1.54) is 17.7 Å². The van der Waals surface area contributed by atoms with Gasteiger partial charge in [-0.2, -0.15) is 0 Å². The Balaban J connectivity index is 1.30. The smallest absolute Gasteiger partial charge is 0.249 e. The lowest BCUT2D eigenvalue weighted by atomic mass is 9.96. The molecule has 1 fully saturated rings. The fourth-order valence-electron chi connectivity index (χ4n) is 3.35. The van der Waals surface area contributed by atoms with Crippen LogP contribution in [-0.4, -0.2) is 39.7 Å². The summed E-state index contributed by atoms with van der Waals surface area (Å²) in [5.41, 5.74) is 2.02. The second-order valence-electron chi connectivity index (χ2n) is 6.68. The number of halogens is 1. The van der Waals surface area contributed by atoms with Gasteiger partial charge >= 0.3 is 0 Å². The molecule has 1 aliphatic heterocycles. The van der Waals surface area contributed by atoms with Crippen LogP contribution in [0.1, 0.15) is 30.2 Å². The van der Waals surface area contributed by atoms with E-state index >= 15 is 0 Å². The molecule has 1 saturated heterocycles. The Bertz CT molecular complexity index is 827. The van der Waals surface area contributed by atoms with Gasteiger partial charge in [-0.3, -0.25) is 4.98 Å². The maximum Gasteiger partial charge on any atom is 0.249 e. The summed E-state index contributed by atoms with van der Waals surface area (Å²) in [5, 5.41) is 8.41. The molecule has 3 aromatic rings. The molecule has 2 aromatic heterocycles. The van der Waals surface area contributed by atoms with Gasteiger partial charge in [0.05, 0.1) is 5.56 Å². The van der Waals surface area contributed by atoms with Crippen LogP contribution in [0.15, 0.2) is 53.2 Å². The van der Waals surface area contributed by atoms with Gasteiger partial charge < -0.3 is 9.32 Å². The van der Waals surface area contributed by atoms with E-state index in [1.54, 1.807) is 12.4 Å². The maximum absolute atomic E-state index is 13.0. The van der Waals surface area contributed by atoms with Gasteiger partial charge in [0, 0.05) is 24.9 Å². The third-order valence-corrected chi connectivity index (χ3v) is 4.92. The minimum absolute atomic E-state index is 0.181. The molecule has 1 aliphatic rings. The van der Waals surface area contributed by atoms with Gasteiger partial charge in [0.15, 0.2) is 0 Å². The van der Waals surface area contributed by atoms with Crippen molar-refractivity contribution in [2.75, 3.05) is 19.6 Å². The van der Waals surface area contributed by atoms with E-state index in [9.17, 15) is 4.39 Å². The van der Waals surface area contributed by atoms with Crippen molar-refractivity contribution in [2.45, 2.75) is 25.2 Å². The van der Waals surface area contributed by atoms with Crippen LogP contribution in [0.25, 0.3) is 11.5 Å². The molecular formula is C20H21FN4O. The maximum atomic E-state index is 13.0. The van der Waals surface area contributed by atoms with Gasteiger partial charge in [-0.15, -0.1) is 10.2 Å². The zero-order valence-electron chi connectivity index (χ0n) is 14.5. The van der Waals surface area contributed by atoms with Gasteiger partial charge in [0.2, 0.25) is 11.8 Å². The minimum atomic E-state index is -0.181. The highest BCUT2D eigenvalue weighted by Gasteiger charge is 2.25. The monoisotopic (exact) mass is 352 g/mol. The van der Waals surface area contributed by atoms with Crippen molar-refractivity contribution in [3.63, 3.8) is 0 Å². The largest absolute Gasteiger partial charge is 0.420 e. The lowest BCUT2D eigenvalue weighted by Gasteiger charge is -2.30. The molecule has 0 spiro atoms. The van der Waals surface area contributed by atoms with E-state index in [4.69, 9.17) is 4.42 Å². The van der Waals surface area contributed by atoms with E-state index < -0.39 is 0 Å². The molecule has 0 radical (unpaired) electrons. The fourth-order valence-corrected chi connectivity index (χ4v) is 3.35. The number of nitrogens with zero attached hydrogens (tertiary/aromatic N) is 4. The number of aromatic nitrogens is 3. The number of hydrogen-bond donors (Lipinski definition) is 0. The molecule has 134 valence electrons. The number of pyridine rings is 1. The first kappa shape index (κ1) is 16.8. The lowest BCUT2D eigenvalue weighted by molar-refractivity contribution is 0.202. The summed E-state index contributed by atoms with van der Waals surface area (Å²) in [6.07, 6.45) is 6.42. The molecule has 0 unspecified atom stereocenters. The fraction of sp³-hybridized carbons (Fsp3) is 0.350. The number of hydrogen-bond acceptors (Lipinski definition) is 5. The number of benzene rings is 1. The summed E-state index contributed by atoms with van der Waals surface area (Å²) in [6.45, 7) is 3.01. The first-order valence-electron chi connectivity index (χ1n) is 8.98. The Morgan fingerprint density at radius 2 is 1.88 bits per heavy atom. The first-order chi connectivity index (χ1) is 12.8. The Morgan fingerprint density at radius 3 is 2.62 bits per heavy atom. The van der Waals surface area contributed by atoms with Gasteiger partial charge in [-0.25, -0.2) is 4.39 Å². The van der Waals surface area contributed by atoms with Crippen molar-refractivity contribution in [3.05, 3.63) is 66.1 Å². The Kier molecular flexibility index (Phi) is 5.02. The highest BCUT2D eigenvalue weighted by Crippen LogP contribution is 2.29. The van der Waals surface area contributed by atoms with Crippen molar-refractivity contribution >= 4 is 0 Å². The van der Waals surface area contributed by atoms with E-state index in [0.29, 0.717) is 11.8 Å². The molecule has 3 heterocycles. The molecule has 5 nitrogen and oxygen atoms in total. The van der Waals surface area contributed by atoms with E-state index in [0.717, 1.165) is 50.4 Å². The van der Waals surface area contributed by atoms with E-state index in [-0.39, 0.29) is 5.82 Å². The summed E-state index contributed by atoms with van der Waals surface area (Å²) >= 11 is 0. The summed E-state index contributed by atoms with van der Waals surface area (Å²) in [6, 6.07) is 10.6. The van der Waals surface area contributed by atoms with Crippen LogP contribution in [0, 0.1) is 5.82 Å². The summed E-state index contributed by atoms with van der Waals surface area (Å²) in [7, 11) is 0. The molecule has 1 aromatic carbocycles. The quantitative estimate of drug-likeness (QED) is 0.701. The van der Waals surface area contributed by atoms with Crippen molar-refractivity contribution < 1.29 is 8.81 Å². The van der Waals surface area contributed by atoms with Crippen LogP contribution in [0.3, 0.4) is 0 Å². The standard InChI is InChI=1S/C20H21FN4O/c21-18-5-3-15(4-6-18)7-11-25-12-8-16(9-13-25)19-23-24-20(26-19)17-2-1-10-22-14-17/h1-6,10,14,16H,7-9,11-13H2. The first-order valence-corrected chi connectivity index (χ1v) is 8.98. The average Bonchev–Trinajstić information content (AvgIpc) is 3.19. The third-order valence-electron chi connectivity index (χ3n) is 4.92. The molecule has 0 amide bonds.